The molecule has 54 valence electrons. The smallest absolute Gasteiger partial charge is 0.122 e. The normalized spacial score (nSPS) is 9.90. The molecule has 0 unspecified atom stereocenters. The molecule has 0 aliphatic carbocycles. The van der Waals surface area contributed by atoms with Gasteiger partial charge >= 0.3 is 0 Å². The Bertz CT molecular complexity index is 233. The molecule has 1 aromatic carbocycles. The average Bonchev–Trinajstić information content (AvgIpc) is 1.88. The third kappa shape index (κ3) is 1.49. The Hall–Kier alpha value is -0.530. The highest BCUT2D eigenvalue weighted by Crippen LogP contribution is 2.17. The van der Waals surface area contributed by atoms with Crippen molar-refractivity contribution in [2.24, 2.45) is 0 Å². The zero-order valence-corrected chi connectivity index (χ0v) is 6.65. The Morgan fingerprint density at radius 1 is 1.50 bits per heavy atom. The lowest BCUT2D eigenvalue weighted by Gasteiger charge is -2.01. The van der Waals surface area contributed by atoms with E-state index in [1.165, 1.54) is 5.56 Å². The monoisotopic (exact) mass is 155 g/mol. The van der Waals surface area contributed by atoms with Crippen molar-refractivity contribution < 1.29 is 5.32 Å². The highest BCUT2D eigenvalue weighted by molar-refractivity contribution is 6.32. The number of hydrogen-bond acceptors (Lipinski definition) is 0. The van der Waals surface area contributed by atoms with Crippen LogP contribution in [0.1, 0.15) is 5.56 Å². The van der Waals surface area contributed by atoms with E-state index in [0.717, 1.165) is 10.7 Å². The van der Waals surface area contributed by atoms with Gasteiger partial charge in [-0.3, -0.25) is 0 Å². The van der Waals surface area contributed by atoms with Crippen molar-refractivity contribution in [2.45, 2.75) is 6.92 Å². The number of aryl methyl sites for hydroxylation is 1. The number of nitrogens with two attached hydrogens (primary N) is 1. The SMILES string of the molecule is [CH2-][NH2+]c1ccc(C)cc1Cl. The van der Waals surface area contributed by atoms with Crippen LogP contribution in [-0.2, 0) is 0 Å². The van der Waals surface area contributed by atoms with Crippen LogP contribution in [-0.4, -0.2) is 0 Å². The lowest BCUT2D eigenvalue weighted by Crippen LogP contribution is -2.69. The summed E-state index contributed by atoms with van der Waals surface area (Å²) < 4.78 is 0. The topological polar surface area (TPSA) is 16.6 Å². The van der Waals surface area contributed by atoms with Gasteiger partial charge in [-0.25, -0.2) is 0 Å². The molecule has 0 saturated carbocycles. The maximum Gasteiger partial charge on any atom is 0.122 e. The van der Waals surface area contributed by atoms with Crippen LogP contribution in [0.3, 0.4) is 0 Å². The van der Waals surface area contributed by atoms with Crippen LogP contribution in [0.15, 0.2) is 18.2 Å². The summed E-state index contributed by atoms with van der Waals surface area (Å²) in [5.74, 6) is 0. The van der Waals surface area contributed by atoms with E-state index in [0.29, 0.717) is 0 Å². The Kier molecular flexibility index (Phi) is 2.30. The van der Waals surface area contributed by atoms with E-state index in [1.54, 1.807) is 5.32 Å². The molecule has 2 heteroatoms. The van der Waals surface area contributed by atoms with Crippen LogP contribution >= 0.6 is 11.6 Å². The summed E-state index contributed by atoms with van der Waals surface area (Å²) >= 11 is 5.86. The summed E-state index contributed by atoms with van der Waals surface area (Å²) in [5.41, 5.74) is 2.17. The van der Waals surface area contributed by atoms with Gasteiger partial charge in [0.1, 0.15) is 5.69 Å². The van der Waals surface area contributed by atoms with Gasteiger partial charge in [-0.1, -0.05) is 17.7 Å². The average molecular weight is 156 g/mol. The van der Waals surface area contributed by atoms with Gasteiger partial charge in [0.05, 0.1) is 5.02 Å². The lowest BCUT2D eigenvalue weighted by atomic mass is 10.2. The number of halogens is 1. The van der Waals surface area contributed by atoms with E-state index in [9.17, 15) is 0 Å². The van der Waals surface area contributed by atoms with Crippen LogP contribution in [0.25, 0.3) is 0 Å². The van der Waals surface area contributed by atoms with Gasteiger partial charge in [0.25, 0.3) is 0 Å². The maximum absolute atomic E-state index is 5.86. The van der Waals surface area contributed by atoms with Crippen LogP contribution in [0.5, 0.6) is 0 Å². The third-order valence-electron chi connectivity index (χ3n) is 1.38. The van der Waals surface area contributed by atoms with E-state index in [-0.39, 0.29) is 0 Å². The van der Waals surface area contributed by atoms with Crippen LogP contribution in [0, 0.1) is 14.0 Å². The molecular weight excluding hydrogens is 146 g/mol. The quantitative estimate of drug-likeness (QED) is 0.469. The van der Waals surface area contributed by atoms with Crippen molar-refractivity contribution in [3.05, 3.63) is 35.8 Å². The summed E-state index contributed by atoms with van der Waals surface area (Å²) in [7, 11) is 3.64. The number of quaternary nitrogens is 1. The molecule has 2 N–H and O–H groups in total. The molecule has 0 heterocycles. The summed E-state index contributed by atoms with van der Waals surface area (Å²) in [6.07, 6.45) is 0. The van der Waals surface area contributed by atoms with Gasteiger partial charge in [-0.2, -0.15) is 0 Å². The van der Waals surface area contributed by atoms with E-state index in [4.69, 9.17) is 11.6 Å². The van der Waals surface area contributed by atoms with E-state index < -0.39 is 0 Å². The Labute approximate surface area is 66.0 Å². The minimum absolute atomic E-state index is 0.773. The van der Waals surface area contributed by atoms with Crippen LogP contribution in [0.2, 0.25) is 5.02 Å². The molecule has 0 saturated heterocycles. The molecule has 1 aromatic rings. The molecule has 1 nitrogen and oxygen atoms in total. The van der Waals surface area contributed by atoms with Crippen molar-refractivity contribution >= 4 is 17.3 Å². The Morgan fingerprint density at radius 2 is 2.20 bits per heavy atom. The fourth-order valence-corrected chi connectivity index (χ4v) is 1.11. The molecule has 1 rings (SSSR count). The van der Waals surface area contributed by atoms with Gasteiger partial charge in [-0.15, -0.1) is 7.05 Å². The van der Waals surface area contributed by atoms with Crippen LogP contribution in [0.4, 0.5) is 5.69 Å². The fraction of sp³-hybridized carbons (Fsp3) is 0.125. The summed E-state index contributed by atoms with van der Waals surface area (Å²) in [5, 5.41) is 2.52. The first kappa shape index (κ1) is 7.58. The molecule has 0 radical (unpaired) electrons. The largest absolute Gasteiger partial charge is 0.445 e. The van der Waals surface area contributed by atoms with E-state index >= 15 is 0 Å². The standard InChI is InChI=1S/C8H10ClN/c1-6-3-4-8(10-2)7(9)5-6/h3-5H,2,10H2,1H3. The van der Waals surface area contributed by atoms with Crippen molar-refractivity contribution in [2.75, 3.05) is 0 Å². The molecule has 0 aliphatic heterocycles. The van der Waals surface area contributed by atoms with Crippen LogP contribution < -0.4 is 5.32 Å². The molecule has 0 spiro atoms. The minimum Gasteiger partial charge on any atom is -0.445 e. The molecular formula is C8H10ClN. The number of benzene rings is 1. The summed E-state index contributed by atoms with van der Waals surface area (Å²) in [4.78, 5) is 0. The zero-order valence-electron chi connectivity index (χ0n) is 5.89. The van der Waals surface area contributed by atoms with Gasteiger partial charge in [0.2, 0.25) is 0 Å². The fourth-order valence-electron chi connectivity index (χ4n) is 0.798. The first-order chi connectivity index (χ1) is 4.74. The predicted octanol–water partition coefficient (Wildman–Crippen LogP) is 1.63. The van der Waals surface area contributed by atoms with Crippen molar-refractivity contribution in [3.63, 3.8) is 0 Å². The summed E-state index contributed by atoms with van der Waals surface area (Å²) in [6, 6.07) is 5.91. The molecule has 0 bridgehead atoms. The van der Waals surface area contributed by atoms with Gasteiger partial charge in [-0.05, 0) is 24.6 Å². The van der Waals surface area contributed by atoms with E-state index in [2.05, 4.69) is 7.05 Å². The first-order valence-electron chi connectivity index (χ1n) is 3.12. The molecule has 10 heavy (non-hydrogen) atoms. The van der Waals surface area contributed by atoms with Gasteiger partial charge < -0.3 is 5.32 Å². The Balaban J connectivity index is 3.07. The molecule has 0 amide bonds. The molecule has 0 aliphatic rings. The second kappa shape index (κ2) is 3.04. The molecule has 0 aromatic heterocycles. The van der Waals surface area contributed by atoms with Crippen molar-refractivity contribution in [1.29, 1.82) is 0 Å². The lowest BCUT2D eigenvalue weighted by molar-refractivity contribution is -0.504. The highest BCUT2D eigenvalue weighted by Gasteiger charge is 1.97. The highest BCUT2D eigenvalue weighted by atomic mass is 35.5. The third-order valence-corrected chi connectivity index (χ3v) is 1.70. The van der Waals surface area contributed by atoms with Crippen molar-refractivity contribution in [3.8, 4) is 0 Å². The number of rotatable bonds is 1. The minimum atomic E-state index is 0.773. The van der Waals surface area contributed by atoms with E-state index in [1.807, 2.05) is 25.1 Å². The molecule has 0 atom stereocenters. The first-order valence-corrected chi connectivity index (χ1v) is 3.50. The van der Waals surface area contributed by atoms with Crippen molar-refractivity contribution in [1.82, 2.24) is 0 Å². The zero-order chi connectivity index (χ0) is 7.56. The maximum atomic E-state index is 5.86. The van der Waals surface area contributed by atoms with Gasteiger partial charge in [0, 0.05) is 0 Å². The Morgan fingerprint density at radius 3 is 2.70 bits per heavy atom. The second-order valence-electron chi connectivity index (χ2n) is 2.23. The predicted molar refractivity (Wildman–Crippen MR) is 43.1 cm³/mol. The number of hydrogen-bond donors (Lipinski definition) is 1. The van der Waals surface area contributed by atoms with Gasteiger partial charge in [0.15, 0.2) is 0 Å². The summed E-state index contributed by atoms with van der Waals surface area (Å²) in [6.45, 7) is 2.01. The molecule has 0 fully saturated rings. The second-order valence-corrected chi connectivity index (χ2v) is 2.64.